The lowest BCUT2D eigenvalue weighted by atomic mass is 10.2. The van der Waals surface area contributed by atoms with Gasteiger partial charge in [0.05, 0.1) is 7.11 Å². The van der Waals surface area contributed by atoms with Crippen molar-refractivity contribution in [1.82, 2.24) is 14.8 Å². The van der Waals surface area contributed by atoms with Crippen molar-refractivity contribution < 1.29 is 13.9 Å². The van der Waals surface area contributed by atoms with Crippen molar-refractivity contribution >= 4 is 12.0 Å². The largest absolute Gasteiger partial charge is 0.494 e. The van der Waals surface area contributed by atoms with Gasteiger partial charge in [-0.05, 0) is 35.4 Å². The van der Waals surface area contributed by atoms with Crippen LogP contribution in [0.5, 0.6) is 5.75 Å². The highest BCUT2D eigenvalue weighted by Gasteiger charge is 2.19. The summed E-state index contributed by atoms with van der Waals surface area (Å²) in [5.41, 5.74) is 1.81. The van der Waals surface area contributed by atoms with Gasteiger partial charge in [0.2, 0.25) is 5.91 Å². The number of aromatic nitrogens is 1. The van der Waals surface area contributed by atoms with Crippen molar-refractivity contribution in [3.63, 3.8) is 0 Å². The first-order valence-corrected chi connectivity index (χ1v) is 8.57. The summed E-state index contributed by atoms with van der Waals surface area (Å²) < 4.78 is 18.6. The van der Waals surface area contributed by atoms with Crippen LogP contribution >= 0.6 is 0 Å². The molecule has 136 valence electrons. The average molecular weight is 355 g/mol. The average Bonchev–Trinajstić information content (AvgIpc) is 2.67. The number of pyridine rings is 1. The molecule has 6 heteroatoms. The van der Waals surface area contributed by atoms with Crippen LogP contribution < -0.4 is 4.74 Å². The summed E-state index contributed by atoms with van der Waals surface area (Å²) in [4.78, 5) is 20.6. The van der Waals surface area contributed by atoms with E-state index in [0.717, 1.165) is 19.6 Å². The molecule has 0 bridgehead atoms. The van der Waals surface area contributed by atoms with Gasteiger partial charge >= 0.3 is 0 Å². The fraction of sp³-hybridized carbons (Fsp3) is 0.300. The van der Waals surface area contributed by atoms with Crippen LogP contribution in [0.2, 0.25) is 0 Å². The Labute approximate surface area is 152 Å². The summed E-state index contributed by atoms with van der Waals surface area (Å²) in [7, 11) is 1.42. The van der Waals surface area contributed by atoms with Crippen molar-refractivity contribution in [1.29, 1.82) is 0 Å². The number of piperazine rings is 1. The predicted molar refractivity (Wildman–Crippen MR) is 98.1 cm³/mol. The first-order valence-electron chi connectivity index (χ1n) is 8.57. The molecule has 1 aromatic carbocycles. The van der Waals surface area contributed by atoms with Gasteiger partial charge in [0.1, 0.15) is 0 Å². The van der Waals surface area contributed by atoms with Gasteiger partial charge in [0, 0.05) is 51.2 Å². The summed E-state index contributed by atoms with van der Waals surface area (Å²) in [5.74, 6) is -0.299. The molecule has 0 saturated carbocycles. The molecule has 0 unspecified atom stereocenters. The Hall–Kier alpha value is -2.73. The quantitative estimate of drug-likeness (QED) is 0.774. The maximum absolute atomic E-state index is 13.7. The first-order chi connectivity index (χ1) is 12.7. The number of carbonyl (C=O) groups is 1. The van der Waals surface area contributed by atoms with Crippen LogP contribution in [0, 0.1) is 5.82 Å². The molecule has 0 radical (unpaired) electrons. The summed E-state index contributed by atoms with van der Waals surface area (Å²) >= 11 is 0. The molecule has 3 rings (SSSR count). The van der Waals surface area contributed by atoms with Gasteiger partial charge in [-0.1, -0.05) is 12.1 Å². The van der Waals surface area contributed by atoms with Gasteiger partial charge in [-0.2, -0.15) is 0 Å². The smallest absolute Gasteiger partial charge is 0.246 e. The number of amides is 1. The maximum atomic E-state index is 13.7. The lowest BCUT2D eigenvalue weighted by molar-refractivity contribution is -0.127. The van der Waals surface area contributed by atoms with Crippen molar-refractivity contribution in [2.45, 2.75) is 6.54 Å². The number of nitrogens with zero attached hydrogens (tertiary/aromatic N) is 3. The number of hydrogen-bond acceptors (Lipinski definition) is 4. The van der Waals surface area contributed by atoms with E-state index in [1.807, 2.05) is 17.2 Å². The van der Waals surface area contributed by atoms with E-state index >= 15 is 0 Å². The number of carbonyl (C=O) groups excluding carboxylic acids is 1. The van der Waals surface area contributed by atoms with E-state index in [4.69, 9.17) is 4.74 Å². The van der Waals surface area contributed by atoms with Gasteiger partial charge in [-0.15, -0.1) is 0 Å². The Morgan fingerprint density at radius 1 is 1.27 bits per heavy atom. The van der Waals surface area contributed by atoms with E-state index < -0.39 is 5.82 Å². The number of ether oxygens (including phenoxy) is 1. The van der Waals surface area contributed by atoms with Crippen LogP contribution in [0.1, 0.15) is 11.1 Å². The molecule has 0 N–H and O–H groups in total. The highest BCUT2D eigenvalue weighted by molar-refractivity contribution is 5.91. The molecular weight excluding hydrogens is 333 g/mol. The Kier molecular flexibility index (Phi) is 5.96. The summed E-state index contributed by atoms with van der Waals surface area (Å²) in [5, 5.41) is 0. The standard InChI is InChI=1S/C20H22FN3O2/c1-26-19-6-4-16(13-18(19)21)5-7-20(25)24-11-9-23(10-12-24)15-17-3-2-8-22-14-17/h2-8,13-14H,9-12,15H2,1H3. The summed E-state index contributed by atoms with van der Waals surface area (Å²) in [6.45, 7) is 3.86. The normalized spacial score (nSPS) is 15.4. The van der Waals surface area contributed by atoms with Gasteiger partial charge in [-0.3, -0.25) is 14.7 Å². The highest BCUT2D eigenvalue weighted by Crippen LogP contribution is 2.18. The predicted octanol–water partition coefficient (Wildman–Crippen LogP) is 2.59. The minimum absolute atomic E-state index is 0.0535. The van der Waals surface area contributed by atoms with Crippen LogP contribution in [-0.2, 0) is 11.3 Å². The molecule has 1 saturated heterocycles. The second-order valence-electron chi connectivity index (χ2n) is 6.19. The van der Waals surface area contributed by atoms with Gasteiger partial charge in [-0.25, -0.2) is 4.39 Å². The minimum atomic E-state index is -0.439. The summed E-state index contributed by atoms with van der Waals surface area (Å²) in [6, 6.07) is 8.62. The van der Waals surface area contributed by atoms with E-state index in [9.17, 15) is 9.18 Å². The number of methoxy groups -OCH3 is 1. The molecule has 1 aliphatic rings. The SMILES string of the molecule is COc1ccc(C=CC(=O)N2CCN(Cc3cccnc3)CC2)cc1F. The fourth-order valence-electron chi connectivity index (χ4n) is 2.94. The molecule has 2 heterocycles. The topological polar surface area (TPSA) is 45.7 Å². The Balaban J connectivity index is 1.51. The number of hydrogen-bond donors (Lipinski definition) is 0. The molecule has 26 heavy (non-hydrogen) atoms. The van der Waals surface area contributed by atoms with Gasteiger partial charge in [0.25, 0.3) is 0 Å². The van der Waals surface area contributed by atoms with Crippen LogP contribution in [0.4, 0.5) is 4.39 Å². The number of halogens is 1. The fourth-order valence-corrected chi connectivity index (χ4v) is 2.94. The minimum Gasteiger partial charge on any atom is -0.494 e. The second-order valence-corrected chi connectivity index (χ2v) is 6.19. The Bertz CT molecular complexity index is 772. The molecule has 2 aromatic rings. The Morgan fingerprint density at radius 3 is 2.73 bits per heavy atom. The molecule has 1 fully saturated rings. The molecule has 0 aliphatic carbocycles. The number of benzene rings is 1. The second kappa shape index (κ2) is 8.58. The highest BCUT2D eigenvalue weighted by atomic mass is 19.1. The summed E-state index contributed by atoms with van der Waals surface area (Å²) in [6.07, 6.45) is 6.76. The van der Waals surface area contributed by atoms with Crippen molar-refractivity contribution in [3.8, 4) is 5.75 Å². The molecule has 1 aliphatic heterocycles. The van der Waals surface area contributed by atoms with E-state index in [-0.39, 0.29) is 11.7 Å². The zero-order chi connectivity index (χ0) is 18.4. The van der Waals surface area contributed by atoms with Crippen molar-refractivity contribution in [2.75, 3.05) is 33.3 Å². The third-order valence-corrected chi connectivity index (χ3v) is 4.41. The lowest BCUT2D eigenvalue weighted by Gasteiger charge is -2.34. The molecule has 1 amide bonds. The van der Waals surface area contributed by atoms with Crippen molar-refractivity contribution in [2.24, 2.45) is 0 Å². The third-order valence-electron chi connectivity index (χ3n) is 4.41. The van der Waals surface area contributed by atoms with Gasteiger partial charge < -0.3 is 9.64 Å². The molecule has 0 spiro atoms. The van der Waals surface area contributed by atoms with Crippen LogP contribution in [-0.4, -0.2) is 54.0 Å². The molecule has 5 nitrogen and oxygen atoms in total. The number of rotatable bonds is 5. The lowest BCUT2D eigenvalue weighted by Crippen LogP contribution is -2.47. The van der Waals surface area contributed by atoms with Crippen molar-refractivity contribution in [3.05, 3.63) is 65.7 Å². The zero-order valence-corrected chi connectivity index (χ0v) is 14.8. The zero-order valence-electron chi connectivity index (χ0n) is 14.8. The third kappa shape index (κ3) is 4.67. The van der Waals surface area contributed by atoms with E-state index in [1.54, 1.807) is 24.4 Å². The Morgan fingerprint density at radius 2 is 2.08 bits per heavy atom. The van der Waals surface area contributed by atoms with E-state index in [0.29, 0.717) is 18.7 Å². The molecule has 1 aromatic heterocycles. The van der Waals surface area contributed by atoms with Crippen LogP contribution in [0.3, 0.4) is 0 Å². The monoisotopic (exact) mass is 355 g/mol. The van der Waals surface area contributed by atoms with E-state index in [1.165, 1.54) is 24.8 Å². The molecular formula is C20H22FN3O2. The maximum Gasteiger partial charge on any atom is 0.246 e. The van der Waals surface area contributed by atoms with Crippen LogP contribution in [0.25, 0.3) is 6.08 Å². The van der Waals surface area contributed by atoms with E-state index in [2.05, 4.69) is 16.0 Å². The van der Waals surface area contributed by atoms with Gasteiger partial charge in [0.15, 0.2) is 11.6 Å². The van der Waals surface area contributed by atoms with Crippen LogP contribution in [0.15, 0.2) is 48.8 Å². The first kappa shape index (κ1) is 18.1. The molecule has 0 atom stereocenters.